The Kier molecular flexibility index (Phi) is 12.3. The molecule has 7 nitrogen and oxygen atoms in total. The van der Waals surface area contributed by atoms with E-state index in [1.54, 1.807) is 6.33 Å². The zero-order valence-corrected chi connectivity index (χ0v) is 19.2. The maximum atomic E-state index is 4.71. The Bertz CT molecular complexity index is 558. The third-order valence-corrected chi connectivity index (χ3v) is 4.88. The van der Waals surface area contributed by atoms with Gasteiger partial charge in [-0.2, -0.15) is 0 Å². The summed E-state index contributed by atoms with van der Waals surface area (Å²) in [6, 6.07) is 0.723. The van der Waals surface area contributed by atoms with Crippen LogP contribution in [0.15, 0.2) is 24.0 Å². The van der Waals surface area contributed by atoms with E-state index in [0.717, 1.165) is 56.8 Å². The number of hydrogen-bond donors (Lipinski definition) is 2. The molecule has 0 aromatic carbocycles. The maximum Gasteiger partial charge on any atom is 0.191 e. The molecule has 0 aliphatic carbocycles. The Labute approximate surface area is 181 Å². The summed E-state index contributed by atoms with van der Waals surface area (Å²) in [6.07, 6.45) is 9.67. The van der Waals surface area contributed by atoms with Gasteiger partial charge in [-0.3, -0.25) is 4.99 Å². The lowest BCUT2D eigenvalue weighted by atomic mass is 10.0. The first-order chi connectivity index (χ1) is 12.7. The summed E-state index contributed by atoms with van der Waals surface area (Å²) >= 11 is 0. The maximum absolute atomic E-state index is 4.71. The van der Waals surface area contributed by atoms with E-state index in [1.165, 1.54) is 25.8 Å². The molecule has 2 N–H and O–H groups in total. The van der Waals surface area contributed by atoms with E-state index in [-0.39, 0.29) is 24.0 Å². The number of nitrogens with one attached hydrogen (secondary N) is 2. The summed E-state index contributed by atoms with van der Waals surface area (Å²) in [5.74, 6) is 1.86. The van der Waals surface area contributed by atoms with Gasteiger partial charge in [-0.25, -0.2) is 0 Å². The van der Waals surface area contributed by atoms with Crippen molar-refractivity contribution in [2.24, 2.45) is 4.99 Å². The Balaban J connectivity index is 0.00000364. The van der Waals surface area contributed by atoms with Gasteiger partial charge in [-0.05, 0) is 32.7 Å². The summed E-state index contributed by atoms with van der Waals surface area (Å²) < 4.78 is 2.08. The van der Waals surface area contributed by atoms with Gasteiger partial charge in [0.05, 0.1) is 0 Å². The van der Waals surface area contributed by atoms with Gasteiger partial charge in [0.15, 0.2) is 5.96 Å². The molecule has 1 aliphatic rings. The van der Waals surface area contributed by atoms with Crippen LogP contribution in [0, 0.1) is 0 Å². The predicted molar refractivity (Wildman–Crippen MR) is 123 cm³/mol. The van der Waals surface area contributed by atoms with Crippen molar-refractivity contribution in [3.63, 3.8) is 0 Å². The van der Waals surface area contributed by atoms with Crippen molar-refractivity contribution >= 4 is 29.9 Å². The molecule has 0 spiro atoms. The second-order valence-electron chi connectivity index (χ2n) is 6.86. The topological polar surface area (TPSA) is 70.4 Å². The molecule has 1 atom stereocenters. The van der Waals surface area contributed by atoms with Crippen LogP contribution in [0.2, 0.25) is 0 Å². The molecule has 2 heterocycles. The number of rotatable bonds is 10. The minimum atomic E-state index is 0. The van der Waals surface area contributed by atoms with E-state index >= 15 is 0 Å². The van der Waals surface area contributed by atoms with Crippen LogP contribution in [0.5, 0.6) is 0 Å². The van der Waals surface area contributed by atoms with E-state index in [0.29, 0.717) is 6.54 Å². The molecule has 1 aromatic heterocycles. The van der Waals surface area contributed by atoms with Crippen molar-refractivity contribution < 1.29 is 0 Å². The highest BCUT2D eigenvalue weighted by Gasteiger charge is 2.16. The molecule has 0 amide bonds. The number of hydrogen-bond acceptors (Lipinski definition) is 4. The number of aliphatic imine (C=N–C) groups is 1. The second-order valence-corrected chi connectivity index (χ2v) is 6.86. The molecule has 1 fully saturated rings. The van der Waals surface area contributed by atoms with Crippen LogP contribution in [0.25, 0.3) is 0 Å². The van der Waals surface area contributed by atoms with Crippen molar-refractivity contribution in [1.29, 1.82) is 0 Å². The van der Waals surface area contributed by atoms with E-state index in [2.05, 4.69) is 50.7 Å². The monoisotopic (exact) mass is 489 g/mol. The van der Waals surface area contributed by atoms with Gasteiger partial charge >= 0.3 is 0 Å². The number of guanidine groups is 1. The summed E-state index contributed by atoms with van der Waals surface area (Å²) in [6.45, 7) is 13.7. The fourth-order valence-corrected chi connectivity index (χ4v) is 3.33. The number of nitrogens with zero attached hydrogens (tertiary/aromatic N) is 5. The number of likely N-dealkylation sites (tertiary alicyclic amines) is 1. The van der Waals surface area contributed by atoms with Gasteiger partial charge in [-0.1, -0.05) is 19.4 Å². The van der Waals surface area contributed by atoms with Crippen molar-refractivity contribution in [3.05, 3.63) is 24.8 Å². The zero-order valence-electron chi connectivity index (χ0n) is 16.9. The van der Waals surface area contributed by atoms with Gasteiger partial charge in [-0.15, -0.1) is 40.8 Å². The fourth-order valence-electron chi connectivity index (χ4n) is 3.33. The molecule has 1 aliphatic heterocycles. The fraction of sp³-hybridized carbons (Fsp3) is 0.737. The molecular weight excluding hydrogens is 453 g/mol. The minimum absolute atomic E-state index is 0. The van der Waals surface area contributed by atoms with E-state index in [9.17, 15) is 0 Å². The quantitative estimate of drug-likeness (QED) is 0.174. The van der Waals surface area contributed by atoms with Crippen LogP contribution in [0.1, 0.15) is 45.4 Å². The van der Waals surface area contributed by atoms with Crippen LogP contribution in [-0.4, -0.2) is 64.4 Å². The molecular formula is C19H36IN7. The summed E-state index contributed by atoms with van der Waals surface area (Å²) in [5, 5.41) is 14.8. The summed E-state index contributed by atoms with van der Waals surface area (Å²) in [4.78, 5) is 7.31. The molecule has 0 radical (unpaired) electrons. The molecule has 0 saturated carbocycles. The lowest BCUT2D eigenvalue weighted by Crippen LogP contribution is -2.40. The largest absolute Gasteiger partial charge is 0.355 e. The first-order valence-electron chi connectivity index (χ1n) is 9.98. The lowest BCUT2D eigenvalue weighted by Gasteiger charge is -2.33. The SMILES string of the molecule is C=CCNC(=NCCCN1CCCCC1C)NCCn1cnnc1CC.I. The Morgan fingerprint density at radius 1 is 1.37 bits per heavy atom. The number of aromatic nitrogens is 3. The molecule has 1 aromatic rings. The molecule has 27 heavy (non-hydrogen) atoms. The highest BCUT2D eigenvalue weighted by molar-refractivity contribution is 14.0. The van der Waals surface area contributed by atoms with Crippen LogP contribution < -0.4 is 10.6 Å². The molecule has 1 saturated heterocycles. The molecule has 2 rings (SSSR count). The van der Waals surface area contributed by atoms with E-state index in [4.69, 9.17) is 4.99 Å². The lowest BCUT2D eigenvalue weighted by molar-refractivity contribution is 0.160. The molecule has 1 unspecified atom stereocenters. The first kappa shape index (κ1) is 23.9. The van der Waals surface area contributed by atoms with Crippen molar-refractivity contribution in [3.8, 4) is 0 Å². The molecule has 8 heteroatoms. The van der Waals surface area contributed by atoms with Gasteiger partial charge in [0.25, 0.3) is 0 Å². The van der Waals surface area contributed by atoms with Crippen molar-refractivity contribution in [1.82, 2.24) is 30.3 Å². The van der Waals surface area contributed by atoms with Crippen LogP contribution in [-0.2, 0) is 13.0 Å². The van der Waals surface area contributed by atoms with Crippen molar-refractivity contribution in [2.45, 2.75) is 58.5 Å². The van der Waals surface area contributed by atoms with Gasteiger partial charge in [0.1, 0.15) is 12.2 Å². The average Bonchev–Trinajstić information content (AvgIpc) is 3.11. The highest BCUT2D eigenvalue weighted by Crippen LogP contribution is 2.16. The third kappa shape index (κ3) is 8.59. The van der Waals surface area contributed by atoms with E-state index in [1.807, 2.05) is 6.08 Å². The van der Waals surface area contributed by atoms with Crippen LogP contribution in [0.3, 0.4) is 0 Å². The van der Waals surface area contributed by atoms with Gasteiger partial charge < -0.3 is 20.1 Å². The Morgan fingerprint density at radius 3 is 2.96 bits per heavy atom. The number of halogens is 1. The Morgan fingerprint density at radius 2 is 2.22 bits per heavy atom. The number of piperidine rings is 1. The van der Waals surface area contributed by atoms with E-state index < -0.39 is 0 Å². The highest BCUT2D eigenvalue weighted by atomic mass is 127. The Hall–Kier alpha value is -1.16. The smallest absolute Gasteiger partial charge is 0.191 e. The zero-order chi connectivity index (χ0) is 18.6. The average molecular weight is 489 g/mol. The molecule has 154 valence electrons. The minimum Gasteiger partial charge on any atom is -0.355 e. The normalized spacial score (nSPS) is 18.0. The van der Waals surface area contributed by atoms with Crippen molar-refractivity contribution in [2.75, 3.05) is 32.7 Å². The van der Waals surface area contributed by atoms with Gasteiger partial charge in [0, 0.05) is 45.2 Å². The summed E-state index contributed by atoms with van der Waals surface area (Å²) in [7, 11) is 0. The molecule has 0 bridgehead atoms. The van der Waals surface area contributed by atoms with Crippen LogP contribution >= 0.6 is 24.0 Å². The standard InChI is InChI=1S/C19H35N7.HI/c1-4-10-20-19(22-12-15-26-16-23-24-18(26)5-2)21-11-8-14-25-13-7-6-9-17(25)3;/h4,16-17H,1,5-15H2,2-3H3,(H2,20,21,22);1H. The van der Waals surface area contributed by atoms with Crippen LogP contribution in [0.4, 0.5) is 0 Å². The first-order valence-corrected chi connectivity index (χ1v) is 9.98. The third-order valence-electron chi connectivity index (χ3n) is 4.88. The second kappa shape index (κ2) is 13.9. The van der Waals surface area contributed by atoms with Gasteiger partial charge in [0.2, 0.25) is 0 Å². The predicted octanol–water partition coefficient (Wildman–Crippen LogP) is 2.44. The summed E-state index contributed by atoms with van der Waals surface area (Å²) in [5.41, 5.74) is 0. The number of aryl methyl sites for hydroxylation is 1.